The third-order valence-electron chi connectivity index (χ3n) is 4.53. The van der Waals surface area contributed by atoms with Crippen molar-refractivity contribution in [1.82, 2.24) is 5.32 Å². The average Bonchev–Trinajstić information content (AvgIpc) is 2.77. The van der Waals surface area contributed by atoms with Crippen LogP contribution in [0.3, 0.4) is 0 Å². The van der Waals surface area contributed by atoms with E-state index in [1.54, 1.807) is 13.2 Å². The molecule has 4 heteroatoms. The molecule has 1 amide bonds. The second-order valence-corrected chi connectivity index (χ2v) is 7.17. The van der Waals surface area contributed by atoms with E-state index >= 15 is 0 Å². The topological polar surface area (TPSA) is 47.6 Å². The molecule has 0 fully saturated rings. The van der Waals surface area contributed by atoms with Crippen LogP contribution in [0.25, 0.3) is 6.08 Å². The second-order valence-electron chi connectivity index (χ2n) is 7.17. The monoisotopic (exact) mass is 401 g/mol. The van der Waals surface area contributed by atoms with Crippen LogP contribution in [0.2, 0.25) is 0 Å². The Kier molecular flexibility index (Phi) is 7.28. The van der Waals surface area contributed by atoms with E-state index in [0.29, 0.717) is 11.5 Å². The van der Waals surface area contributed by atoms with Crippen LogP contribution in [-0.4, -0.2) is 19.1 Å². The summed E-state index contributed by atoms with van der Waals surface area (Å²) in [6.45, 7) is 3.93. The Bertz CT molecular complexity index is 942. The largest absolute Gasteiger partial charge is 0.493 e. The van der Waals surface area contributed by atoms with Gasteiger partial charge in [-0.3, -0.25) is 4.79 Å². The molecule has 0 bridgehead atoms. The third kappa shape index (κ3) is 5.74. The Labute approximate surface area is 178 Å². The van der Waals surface area contributed by atoms with E-state index in [1.165, 1.54) is 6.08 Å². The minimum atomic E-state index is -0.221. The fourth-order valence-electron chi connectivity index (χ4n) is 3.15. The molecular weight excluding hydrogens is 374 g/mol. The van der Waals surface area contributed by atoms with Crippen molar-refractivity contribution in [3.63, 3.8) is 0 Å². The first-order valence-electron chi connectivity index (χ1n) is 10.00. The van der Waals surface area contributed by atoms with Crippen molar-refractivity contribution >= 4 is 12.0 Å². The lowest BCUT2D eigenvalue weighted by atomic mass is 9.98. The molecule has 0 heterocycles. The van der Waals surface area contributed by atoms with Gasteiger partial charge in [-0.2, -0.15) is 0 Å². The van der Waals surface area contributed by atoms with Crippen LogP contribution in [0.4, 0.5) is 0 Å². The number of benzene rings is 3. The summed E-state index contributed by atoms with van der Waals surface area (Å²) in [5.74, 6) is 1.15. The van der Waals surface area contributed by atoms with Gasteiger partial charge >= 0.3 is 0 Å². The number of amides is 1. The van der Waals surface area contributed by atoms with Crippen LogP contribution in [0, 0.1) is 0 Å². The van der Waals surface area contributed by atoms with Crippen LogP contribution >= 0.6 is 0 Å². The molecule has 0 aliphatic carbocycles. The van der Waals surface area contributed by atoms with Gasteiger partial charge in [0.2, 0.25) is 5.91 Å². The summed E-state index contributed by atoms with van der Waals surface area (Å²) in [7, 11) is 1.60. The molecular formula is C26H27NO3. The number of methoxy groups -OCH3 is 1. The molecule has 154 valence electrons. The van der Waals surface area contributed by atoms with Gasteiger partial charge in [0.05, 0.1) is 19.3 Å². The highest BCUT2D eigenvalue weighted by atomic mass is 16.5. The SMILES string of the molecule is COc1cc(/C=C/C(=O)NC(c2ccccc2)c2ccccc2)ccc1OC(C)C. The first kappa shape index (κ1) is 21.2. The third-order valence-corrected chi connectivity index (χ3v) is 4.53. The minimum Gasteiger partial charge on any atom is -0.493 e. The Morgan fingerprint density at radius 1 is 0.867 bits per heavy atom. The van der Waals surface area contributed by atoms with Crippen LogP contribution < -0.4 is 14.8 Å². The van der Waals surface area contributed by atoms with E-state index < -0.39 is 0 Å². The molecule has 30 heavy (non-hydrogen) atoms. The first-order chi connectivity index (χ1) is 14.6. The van der Waals surface area contributed by atoms with Gasteiger partial charge in [-0.1, -0.05) is 66.7 Å². The molecule has 3 aromatic rings. The van der Waals surface area contributed by atoms with Crippen molar-refractivity contribution in [3.05, 3.63) is 102 Å². The number of carbonyl (C=O) groups excluding carboxylic acids is 1. The molecule has 3 rings (SSSR count). The number of rotatable bonds is 8. The van der Waals surface area contributed by atoms with Crippen LogP contribution in [0.5, 0.6) is 11.5 Å². The molecule has 0 aliphatic heterocycles. The van der Waals surface area contributed by atoms with E-state index in [1.807, 2.05) is 92.7 Å². The average molecular weight is 402 g/mol. The zero-order valence-electron chi connectivity index (χ0n) is 17.5. The smallest absolute Gasteiger partial charge is 0.244 e. The highest BCUT2D eigenvalue weighted by Gasteiger charge is 2.15. The van der Waals surface area contributed by atoms with Gasteiger partial charge in [-0.05, 0) is 48.7 Å². The quantitative estimate of drug-likeness (QED) is 0.514. The second kappa shape index (κ2) is 10.3. The summed E-state index contributed by atoms with van der Waals surface area (Å²) in [5.41, 5.74) is 2.92. The first-order valence-corrected chi connectivity index (χ1v) is 10.00. The van der Waals surface area contributed by atoms with E-state index in [0.717, 1.165) is 16.7 Å². The van der Waals surface area contributed by atoms with Gasteiger partial charge in [0.1, 0.15) is 0 Å². The molecule has 3 aromatic carbocycles. The summed E-state index contributed by atoms with van der Waals surface area (Å²) >= 11 is 0. The van der Waals surface area contributed by atoms with Crippen molar-refractivity contribution in [1.29, 1.82) is 0 Å². The lowest BCUT2D eigenvalue weighted by molar-refractivity contribution is -0.116. The van der Waals surface area contributed by atoms with Crippen LogP contribution in [0.15, 0.2) is 84.9 Å². The van der Waals surface area contributed by atoms with Crippen molar-refractivity contribution in [2.75, 3.05) is 7.11 Å². The Morgan fingerprint density at radius 3 is 2.00 bits per heavy atom. The van der Waals surface area contributed by atoms with Crippen LogP contribution in [-0.2, 0) is 4.79 Å². The predicted molar refractivity (Wildman–Crippen MR) is 121 cm³/mol. The molecule has 4 nitrogen and oxygen atoms in total. The number of nitrogens with one attached hydrogen (secondary N) is 1. The number of ether oxygens (including phenoxy) is 2. The lowest BCUT2D eigenvalue weighted by Crippen LogP contribution is -2.27. The molecule has 1 N–H and O–H groups in total. The van der Waals surface area contributed by atoms with E-state index in [2.05, 4.69) is 5.32 Å². The summed E-state index contributed by atoms with van der Waals surface area (Å²) < 4.78 is 11.2. The standard InChI is InChI=1S/C26H27NO3/c1-19(2)30-23-16-14-20(18-24(23)29-3)15-17-25(28)27-26(21-10-6-4-7-11-21)22-12-8-5-9-13-22/h4-19,26H,1-3H3,(H,27,28)/b17-15+. The zero-order chi connectivity index (χ0) is 21.3. The molecule has 0 saturated heterocycles. The zero-order valence-corrected chi connectivity index (χ0v) is 17.5. The van der Waals surface area contributed by atoms with E-state index in [4.69, 9.17) is 9.47 Å². The Hall–Kier alpha value is -3.53. The summed E-state index contributed by atoms with van der Waals surface area (Å²) in [6, 6.07) is 25.3. The minimum absolute atomic E-state index is 0.0546. The molecule has 0 aromatic heterocycles. The maximum Gasteiger partial charge on any atom is 0.244 e. The molecule has 0 atom stereocenters. The number of hydrogen-bond acceptors (Lipinski definition) is 3. The van der Waals surface area contributed by atoms with Gasteiger partial charge in [0.25, 0.3) is 0 Å². The maximum absolute atomic E-state index is 12.7. The van der Waals surface area contributed by atoms with Crippen molar-refractivity contribution < 1.29 is 14.3 Å². The molecule has 0 aliphatic rings. The number of hydrogen-bond donors (Lipinski definition) is 1. The molecule has 0 radical (unpaired) electrons. The molecule has 0 spiro atoms. The molecule has 0 saturated carbocycles. The van der Waals surface area contributed by atoms with Crippen molar-refractivity contribution in [2.24, 2.45) is 0 Å². The number of carbonyl (C=O) groups is 1. The summed E-state index contributed by atoms with van der Waals surface area (Å²) in [4.78, 5) is 12.7. The van der Waals surface area contributed by atoms with Crippen molar-refractivity contribution in [2.45, 2.75) is 26.0 Å². The van der Waals surface area contributed by atoms with E-state index in [-0.39, 0.29) is 18.1 Å². The summed E-state index contributed by atoms with van der Waals surface area (Å²) in [5, 5.41) is 3.10. The highest BCUT2D eigenvalue weighted by molar-refractivity contribution is 5.92. The van der Waals surface area contributed by atoms with Gasteiger partial charge in [-0.15, -0.1) is 0 Å². The van der Waals surface area contributed by atoms with Gasteiger partial charge in [0.15, 0.2) is 11.5 Å². The van der Waals surface area contributed by atoms with E-state index in [9.17, 15) is 4.79 Å². The normalized spacial score (nSPS) is 11.1. The van der Waals surface area contributed by atoms with Crippen molar-refractivity contribution in [3.8, 4) is 11.5 Å². The van der Waals surface area contributed by atoms with Gasteiger partial charge in [0, 0.05) is 6.08 Å². The van der Waals surface area contributed by atoms with Gasteiger partial charge < -0.3 is 14.8 Å². The lowest BCUT2D eigenvalue weighted by Gasteiger charge is -2.19. The predicted octanol–water partition coefficient (Wildman–Crippen LogP) is 5.40. The van der Waals surface area contributed by atoms with Crippen LogP contribution in [0.1, 0.15) is 36.6 Å². The summed E-state index contributed by atoms with van der Waals surface area (Å²) in [6.07, 6.45) is 3.36. The fraction of sp³-hybridized carbons (Fsp3) is 0.192. The fourth-order valence-corrected chi connectivity index (χ4v) is 3.15. The maximum atomic E-state index is 12.7. The Balaban J connectivity index is 1.76. The Morgan fingerprint density at radius 2 is 1.47 bits per heavy atom. The van der Waals surface area contributed by atoms with Gasteiger partial charge in [-0.25, -0.2) is 0 Å². The molecule has 0 unspecified atom stereocenters. The highest BCUT2D eigenvalue weighted by Crippen LogP contribution is 2.29.